The Balaban J connectivity index is 2.11. The summed E-state index contributed by atoms with van der Waals surface area (Å²) in [5.74, 6) is -0.162. The number of benzene rings is 1. The summed E-state index contributed by atoms with van der Waals surface area (Å²) in [7, 11) is 1.43. The molecule has 8 heteroatoms. The predicted molar refractivity (Wildman–Crippen MR) is 75.2 cm³/mol. The number of methoxy groups -OCH3 is 1. The topological polar surface area (TPSA) is 82.8 Å². The summed E-state index contributed by atoms with van der Waals surface area (Å²) in [6.07, 6.45) is 0.410. The monoisotopic (exact) mass is 316 g/mol. The second-order valence-electron chi connectivity index (χ2n) is 4.79. The number of nitrogens with two attached hydrogens (primary N) is 1. The molecule has 0 aliphatic carbocycles. The summed E-state index contributed by atoms with van der Waals surface area (Å²) in [6.45, 7) is -2.66. The van der Waals surface area contributed by atoms with E-state index >= 15 is 0 Å². The molecule has 1 aromatic rings. The van der Waals surface area contributed by atoms with Crippen LogP contribution in [0.25, 0.3) is 0 Å². The van der Waals surface area contributed by atoms with Crippen molar-refractivity contribution in [1.29, 1.82) is 0 Å². The summed E-state index contributed by atoms with van der Waals surface area (Å²) in [5, 5.41) is 2.53. The largest absolute Gasteiger partial charge is 0.497 e. The van der Waals surface area contributed by atoms with Crippen LogP contribution in [-0.2, 0) is 9.53 Å². The summed E-state index contributed by atoms with van der Waals surface area (Å²) < 4.78 is 39.7. The maximum Gasteiger partial charge on any atom is 0.387 e. The highest BCUT2D eigenvalue weighted by atomic mass is 19.3. The van der Waals surface area contributed by atoms with E-state index in [-0.39, 0.29) is 17.5 Å². The number of alkyl halides is 2. The number of amides is 1. The number of carbonyl (C=O) groups is 1. The van der Waals surface area contributed by atoms with E-state index in [0.29, 0.717) is 25.1 Å². The zero-order valence-electron chi connectivity index (χ0n) is 12.1. The van der Waals surface area contributed by atoms with E-state index in [1.165, 1.54) is 25.3 Å². The third-order valence-electron chi connectivity index (χ3n) is 3.32. The van der Waals surface area contributed by atoms with Gasteiger partial charge in [0.05, 0.1) is 18.9 Å². The van der Waals surface area contributed by atoms with Crippen LogP contribution in [0.4, 0.5) is 14.5 Å². The fourth-order valence-electron chi connectivity index (χ4n) is 2.22. The van der Waals surface area contributed by atoms with Gasteiger partial charge in [-0.1, -0.05) is 0 Å². The first-order valence-electron chi connectivity index (χ1n) is 6.82. The van der Waals surface area contributed by atoms with Crippen molar-refractivity contribution in [3.05, 3.63) is 18.2 Å². The highest BCUT2D eigenvalue weighted by Crippen LogP contribution is 2.31. The lowest BCUT2D eigenvalue weighted by molar-refractivity contribution is -0.126. The predicted octanol–water partition coefficient (Wildman–Crippen LogP) is 1.74. The van der Waals surface area contributed by atoms with Crippen LogP contribution in [0.1, 0.15) is 12.8 Å². The second kappa shape index (κ2) is 7.37. The number of ether oxygens (including phenoxy) is 3. The SMILES string of the molecule is COc1ccc(OC(F)F)c(NC(=O)[C@@H]2CC[C@H](CN)O2)c1. The van der Waals surface area contributed by atoms with Gasteiger partial charge in [-0.3, -0.25) is 4.79 Å². The van der Waals surface area contributed by atoms with Crippen molar-refractivity contribution in [1.82, 2.24) is 0 Å². The average molecular weight is 316 g/mol. The average Bonchev–Trinajstić information content (AvgIpc) is 2.97. The van der Waals surface area contributed by atoms with Crippen LogP contribution in [0, 0.1) is 0 Å². The van der Waals surface area contributed by atoms with Crippen LogP contribution >= 0.6 is 0 Å². The third-order valence-corrected chi connectivity index (χ3v) is 3.32. The van der Waals surface area contributed by atoms with Crippen LogP contribution in [0.5, 0.6) is 11.5 Å². The molecular formula is C14H18F2N2O4. The smallest absolute Gasteiger partial charge is 0.387 e. The van der Waals surface area contributed by atoms with Gasteiger partial charge in [0.25, 0.3) is 5.91 Å². The van der Waals surface area contributed by atoms with Gasteiger partial charge in [-0.25, -0.2) is 0 Å². The molecule has 6 nitrogen and oxygen atoms in total. The number of nitrogens with one attached hydrogen (secondary N) is 1. The fourth-order valence-corrected chi connectivity index (χ4v) is 2.22. The Morgan fingerprint density at radius 2 is 2.27 bits per heavy atom. The van der Waals surface area contributed by atoms with E-state index in [0.717, 1.165) is 0 Å². The molecule has 1 aromatic carbocycles. The number of carbonyl (C=O) groups excluding carboxylic acids is 1. The Labute approximate surface area is 126 Å². The third kappa shape index (κ3) is 4.05. The number of hydrogen-bond donors (Lipinski definition) is 2. The zero-order valence-corrected chi connectivity index (χ0v) is 12.1. The van der Waals surface area contributed by atoms with Crippen LogP contribution < -0.4 is 20.5 Å². The van der Waals surface area contributed by atoms with E-state index in [4.69, 9.17) is 15.2 Å². The van der Waals surface area contributed by atoms with Gasteiger partial charge in [0.15, 0.2) is 0 Å². The van der Waals surface area contributed by atoms with Crippen LogP contribution in [0.15, 0.2) is 18.2 Å². The van der Waals surface area contributed by atoms with E-state index in [9.17, 15) is 13.6 Å². The minimum absolute atomic E-state index is 0.101. The Hall–Kier alpha value is -1.93. The Kier molecular flexibility index (Phi) is 5.51. The molecule has 0 unspecified atom stereocenters. The molecular weight excluding hydrogens is 298 g/mol. The molecule has 1 aliphatic heterocycles. The molecule has 0 saturated carbocycles. The van der Waals surface area contributed by atoms with Crippen LogP contribution in [0.3, 0.4) is 0 Å². The molecule has 0 spiro atoms. The van der Waals surface area contributed by atoms with Gasteiger partial charge >= 0.3 is 6.61 Å². The molecule has 1 heterocycles. The van der Waals surface area contributed by atoms with Gasteiger partial charge in [-0.05, 0) is 25.0 Å². The van der Waals surface area contributed by atoms with Crippen molar-refractivity contribution in [3.8, 4) is 11.5 Å². The molecule has 2 rings (SSSR count). The van der Waals surface area contributed by atoms with Gasteiger partial charge in [0, 0.05) is 12.6 Å². The van der Waals surface area contributed by atoms with Gasteiger partial charge in [-0.15, -0.1) is 0 Å². The molecule has 122 valence electrons. The Bertz CT molecular complexity index is 528. The van der Waals surface area contributed by atoms with Crippen molar-refractivity contribution in [2.75, 3.05) is 19.0 Å². The van der Waals surface area contributed by atoms with Crippen molar-refractivity contribution in [2.24, 2.45) is 5.73 Å². The van der Waals surface area contributed by atoms with Gasteiger partial charge < -0.3 is 25.3 Å². The van der Waals surface area contributed by atoms with Crippen molar-refractivity contribution in [3.63, 3.8) is 0 Å². The lowest BCUT2D eigenvalue weighted by atomic mass is 10.2. The Morgan fingerprint density at radius 1 is 1.50 bits per heavy atom. The molecule has 1 amide bonds. The summed E-state index contributed by atoms with van der Waals surface area (Å²) in [5.41, 5.74) is 5.59. The first-order valence-corrected chi connectivity index (χ1v) is 6.82. The highest BCUT2D eigenvalue weighted by molar-refractivity contribution is 5.95. The number of anilines is 1. The summed E-state index contributed by atoms with van der Waals surface area (Å²) in [6, 6.07) is 4.17. The van der Waals surface area contributed by atoms with Crippen molar-refractivity contribution in [2.45, 2.75) is 31.7 Å². The molecule has 3 N–H and O–H groups in total. The second-order valence-corrected chi connectivity index (χ2v) is 4.79. The molecule has 1 fully saturated rings. The lowest BCUT2D eigenvalue weighted by Crippen LogP contribution is -2.30. The minimum atomic E-state index is -2.99. The highest BCUT2D eigenvalue weighted by Gasteiger charge is 2.30. The maximum absolute atomic E-state index is 12.4. The number of hydrogen-bond acceptors (Lipinski definition) is 5. The minimum Gasteiger partial charge on any atom is -0.497 e. The molecule has 1 aliphatic rings. The number of halogens is 2. The summed E-state index contributed by atoms with van der Waals surface area (Å²) in [4.78, 5) is 12.2. The van der Waals surface area contributed by atoms with E-state index in [1.807, 2.05) is 0 Å². The van der Waals surface area contributed by atoms with E-state index in [1.54, 1.807) is 0 Å². The standard InChI is InChI=1S/C14H18F2N2O4/c1-20-8-2-4-11(22-14(15)16)10(6-8)18-13(19)12-5-3-9(7-17)21-12/h2,4,6,9,12,14H,3,5,7,17H2,1H3,(H,18,19)/t9-,12+/m1/s1. The first-order chi connectivity index (χ1) is 10.5. The Morgan fingerprint density at radius 3 is 2.86 bits per heavy atom. The molecule has 22 heavy (non-hydrogen) atoms. The van der Waals surface area contributed by atoms with E-state index in [2.05, 4.69) is 10.1 Å². The maximum atomic E-state index is 12.4. The van der Waals surface area contributed by atoms with Gasteiger partial charge in [0.1, 0.15) is 17.6 Å². The summed E-state index contributed by atoms with van der Waals surface area (Å²) >= 11 is 0. The van der Waals surface area contributed by atoms with Gasteiger partial charge in [0.2, 0.25) is 0 Å². The lowest BCUT2D eigenvalue weighted by Gasteiger charge is -2.16. The van der Waals surface area contributed by atoms with Crippen molar-refractivity contribution < 1.29 is 27.8 Å². The fraction of sp³-hybridized carbons (Fsp3) is 0.500. The van der Waals surface area contributed by atoms with Gasteiger partial charge in [-0.2, -0.15) is 8.78 Å². The van der Waals surface area contributed by atoms with Crippen LogP contribution in [0.2, 0.25) is 0 Å². The molecule has 0 aromatic heterocycles. The first kappa shape index (κ1) is 16.4. The van der Waals surface area contributed by atoms with E-state index < -0.39 is 18.6 Å². The molecule has 0 bridgehead atoms. The molecule has 0 radical (unpaired) electrons. The number of rotatable bonds is 6. The van der Waals surface area contributed by atoms with Crippen molar-refractivity contribution >= 4 is 11.6 Å². The molecule has 2 atom stereocenters. The molecule has 1 saturated heterocycles. The van der Waals surface area contributed by atoms with Crippen LogP contribution in [-0.4, -0.2) is 38.4 Å². The zero-order chi connectivity index (χ0) is 16.1. The normalized spacial score (nSPS) is 21.0. The quantitative estimate of drug-likeness (QED) is 0.835.